The maximum Gasteiger partial charge on any atom is 0.239 e. The molecule has 3 N–H and O–H groups in total. The van der Waals surface area contributed by atoms with Crippen LogP contribution in [0, 0.1) is 0 Å². The number of rotatable bonds is 7. The summed E-state index contributed by atoms with van der Waals surface area (Å²) in [5.41, 5.74) is 6.29. The van der Waals surface area contributed by atoms with Crippen molar-refractivity contribution in [3.63, 3.8) is 0 Å². The van der Waals surface area contributed by atoms with Gasteiger partial charge in [-0.25, -0.2) is 0 Å². The molecule has 0 heterocycles. The van der Waals surface area contributed by atoms with Gasteiger partial charge in [0.25, 0.3) is 0 Å². The Hall–Kier alpha value is -0.680. The van der Waals surface area contributed by atoms with E-state index >= 15 is 0 Å². The Labute approximate surface area is 115 Å². The van der Waals surface area contributed by atoms with E-state index in [9.17, 15) is 4.79 Å². The zero-order valence-electron chi connectivity index (χ0n) is 9.78. The summed E-state index contributed by atoms with van der Waals surface area (Å²) in [6.45, 7) is 2.10. The van der Waals surface area contributed by atoms with Crippen molar-refractivity contribution in [2.75, 3.05) is 16.8 Å². The average Bonchev–Trinajstić information content (AvgIpc) is 2.28. The highest BCUT2D eigenvalue weighted by atomic mass is 79.9. The van der Waals surface area contributed by atoms with Gasteiger partial charge in [-0.05, 0) is 36.1 Å². The second kappa shape index (κ2) is 7.61. The molecule has 17 heavy (non-hydrogen) atoms. The third kappa shape index (κ3) is 5.46. The highest BCUT2D eigenvalue weighted by molar-refractivity contribution is 9.10. The maximum absolute atomic E-state index is 11.3. The van der Waals surface area contributed by atoms with Gasteiger partial charge < -0.3 is 11.1 Å². The summed E-state index contributed by atoms with van der Waals surface area (Å²) >= 11 is 5.20. The Morgan fingerprint density at radius 1 is 1.59 bits per heavy atom. The predicted octanol–water partition coefficient (Wildman–Crippen LogP) is 2.86. The Kier molecular flexibility index (Phi) is 6.44. The zero-order valence-corrected chi connectivity index (χ0v) is 12.2. The lowest BCUT2D eigenvalue weighted by atomic mass is 10.2. The van der Waals surface area contributed by atoms with Crippen molar-refractivity contribution in [1.29, 1.82) is 0 Å². The van der Waals surface area contributed by atoms with Gasteiger partial charge in [-0.15, -0.1) is 0 Å². The van der Waals surface area contributed by atoms with Crippen molar-refractivity contribution in [2.24, 2.45) is 5.73 Å². The standard InChI is InChI=1S/C12H17BrN2OS/c1-2-17-7-6-11(12(14)16)15-10-5-3-4-9(13)8-10/h3-5,8,11,15H,2,6-7H2,1H3,(H2,14,16). The van der Waals surface area contributed by atoms with Crippen LogP contribution in [0.3, 0.4) is 0 Å². The lowest BCUT2D eigenvalue weighted by Crippen LogP contribution is -2.35. The molecule has 1 amide bonds. The normalized spacial score (nSPS) is 12.1. The molecule has 1 rings (SSSR count). The van der Waals surface area contributed by atoms with Crippen LogP contribution in [-0.4, -0.2) is 23.5 Å². The van der Waals surface area contributed by atoms with Crippen LogP contribution in [0.2, 0.25) is 0 Å². The van der Waals surface area contributed by atoms with Crippen LogP contribution < -0.4 is 11.1 Å². The minimum Gasteiger partial charge on any atom is -0.374 e. The van der Waals surface area contributed by atoms with Crippen LogP contribution in [0.25, 0.3) is 0 Å². The molecule has 0 saturated heterocycles. The van der Waals surface area contributed by atoms with Crippen LogP contribution >= 0.6 is 27.7 Å². The molecule has 0 saturated carbocycles. The molecule has 0 aliphatic rings. The topological polar surface area (TPSA) is 55.1 Å². The van der Waals surface area contributed by atoms with Gasteiger partial charge in [0.05, 0.1) is 0 Å². The maximum atomic E-state index is 11.3. The fraction of sp³-hybridized carbons (Fsp3) is 0.417. The lowest BCUT2D eigenvalue weighted by molar-refractivity contribution is -0.118. The van der Waals surface area contributed by atoms with E-state index in [0.29, 0.717) is 0 Å². The van der Waals surface area contributed by atoms with Gasteiger partial charge in [0.2, 0.25) is 5.91 Å². The van der Waals surface area contributed by atoms with E-state index in [0.717, 1.165) is 28.1 Å². The molecule has 3 nitrogen and oxygen atoms in total. The van der Waals surface area contributed by atoms with Crippen LogP contribution in [0.15, 0.2) is 28.7 Å². The summed E-state index contributed by atoms with van der Waals surface area (Å²) < 4.78 is 0.980. The molecule has 0 spiro atoms. The van der Waals surface area contributed by atoms with Crippen molar-refractivity contribution >= 4 is 39.3 Å². The van der Waals surface area contributed by atoms with Crippen molar-refractivity contribution < 1.29 is 4.79 Å². The molecule has 1 aromatic carbocycles. The summed E-state index contributed by atoms with van der Waals surface area (Å²) in [6, 6.07) is 7.42. The molecule has 0 fully saturated rings. The Morgan fingerprint density at radius 2 is 2.35 bits per heavy atom. The number of carbonyl (C=O) groups excluding carboxylic acids is 1. The number of anilines is 1. The third-order valence-corrected chi connectivity index (χ3v) is 3.69. The molecular formula is C12H17BrN2OS. The molecule has 5 heteroatoms. The van der Waals surface area contributed by atoms with Gasteiger partial charge in [-0.2, -0.15) is 11.8 Å². The number of hydrogen-bond donors (Lipinski definition) is 2. The number of hydrogen-bond acceptors (Lipinski definition) is 3. The number of primary amides is 1. The molecule has 1 atom stereocenters. The van der Waals surface area contributed by atoms with E-state index in [1.54, 1.807) is 0 Å². The highest BCUT2D eigenvalue weighted by Crippen LogP contribution is 2.17. The number of carbonyl (C=O) groups is 1. The fourth-order valence-electron chi connectivity index (χ4n) is 1.41. The number of halogens is 1. The summed E-state index contributed by atoms with van der Waals surface area (Å²) in [6.07, 6.45) is 0.750. The number of amides is 1. The van der Waals surface area contributed by atoms with Gasteiger partial charge >= 0.3 is 0 Å². The molecule has 0 aliphatic carbocycles. The Balaban J connectivity index is 2.57. The second-order valence-corrected chi connectivity index (χ2v) is 5.90. The molecule has 1 aromatic rings. The Morgan fingerprint density at radius 3 is 2.94 bits per heavy atom. The second-order valence-electron chi connectivity index (χ2n) is 3.60. The molecule has 0 bridgehead atoms. The minimum absolute atomic E-state index is 0.302. The average molecular weight is 317 g/mol. The molecular weight excluding hydrogens is 300 g/mol. The largest absolute Gasteiger partial charge is 0.374 e. The minimum atomic E-state index is -0.304. The van der Waals surface area contributed by atoms with E-state index < -0.39 is 0 Å². The Bertz CT molecular complexity index is 373. The predicted molar refractivity (Wildman–Crippen MR) is 78.4 cm³/mol. The first-order valence-corrected chi connectivity index (χ1v) is 7.47. The molecule has 94 valence electrons. The van der Waals surface area contributed by atoms with Crippen molar-refractivity contribution in [3.05, 3.63) is 28.7 Å². The lowest BCUT2D eigenvalue weighted by Gasteiger charge is -2.16. The number of nitrogens with two attached hydrogens (primary N) is 1. The molecule has 0 radical (unpaired) electrons. The third-order valence-electron chi connectivity index (χ3n) is 2.26. The highest BCUT2D eigenvalue weighted by Gasteiger charge is 2.14. The summed E-state index contributed by atoms with van der Waals surface area (Å²) in [7, 11) is 0. The first kappa shape index (κ1) is 14.4. The van der Waals surface area contributed by atoms with Crippen molar-refractivity contribution in [3.8, 4) is 0 Å². The van der Waals surface area contributed by atoms with Gasteiger partial charge in [0.15, 0.2) is 0 Å². The van der Waals surface area contributed by atoms with Gasteiger partial charge in [0, 0.05) is 10.2 Å². The van der Waals surface area contributed by atoms with Gasteiger partial charge in [0.1, 0.15) is 6.04 Å². The molecule has 0 aromatic heterocycles. The number of thioether (sulfide) groups is 1. The monoisotopic (exact) mass is 316 g/mol. The summed E-state index contributed by atoms with van der Waals surface area (Å²) in [4.78, 5) is 11.3. The van der Waals surface area contributed by atoms with Crippen LogP contribution in [0.4, 0.5) is 5.69 Å². The van der Waals surface area contributed by atoms with Crippen molar-refractivity contribution in [2.45, 2.75) is 19.4 Å². The van der Waals surface area contributed by atoms with Crippen LogP contribution in [-0.2, 0) is 4.79 Å². The van der Waals surface area contributed by atoms with Crippen LogP contribution in [0.5, 0.6) is 0 Å². The zero-order chi connectivity index (χ0) is 12.7. The van der Waals surface area contributed by atoms with Gasteiger partial charge in [-0.3, -0.25) is 4.79 Å². The van der Waals surface area contributed by atoms with E-state index in [-0.39, 0.29) is 11.9 Å². The SMILES string of the molecule is CCSCCC(Nc1cccc(Br)c1)C(N)=O. The number of benzene rings is 1. The van der Waals surface area contributed by atoms with Crippen molar-refractivity contribution in [1.82, 2.24) is 0 Å². The quantitative estimate of drug-likeness (QED) is 0.760. The van der Waals surface area contributed by atoms with Crippen LogP contribution in [0.1, 0.15) is 13.3 Å². The van der Waals surface area contributed by atoms with E-state index in [1.807, 2.05) is 36.0 Å². The number of nitrogens with one attached hydrogen (secondary N) is 1. The van der Waals surface area contributed by atoms with E-state index in [1.165, 1.54) is 0 Å². The molecule has 0 aliphatic heterocycles. The summed E-state index contributed by atoms with van der Waals surface area (Å²) in [5, 5.41) is 3.16. The smallest absolute Gasteiger partial charge is 0.239 e. The molecule has 1 unspecified atom stereocenters. The first-order valence-electron chi connectivity index (χ1n) is 5.52. The van der Waals surface area contributed by atoms with E-state index in [4.69, 9.17) is 5.73 Å². The van der Waals surface area contributed by atoms with E-state index in [2.05, 4.69) is 28.2 Å². The summed E-state index contributed by atoms with van der Waals surface area (Å²) in [5.74, 6) is 1.69. The van der Waals surface area contributed by atoms with Gasteiger partial charge in [-0.1, -0.05) is 28.9 Å². The fourth-order valence-corrected chi connectivity index (χ4v) is 2.50. The first-order chi connectivity index (χ1) is 8.13.